The molecule has 0 bridgehead atoms. The van der Waals surface area contributed by atoms with Crippen molar-refractivity contribution in [1.29, 1.82) is 0 Å². The van der Waals surface area contributed by atoms with Gasteiger partial charge in [0.1, 0.15) is 22.8 Å². The molecule has 196 valence electrons. The number of carbonyl (C=O) groups excluding carboxylic acids is 1. The fourth-order valence-corrected chi connectivity index (χ4v) is 5.40. The lowest BCUT2D eigenvalue weighted by molar-refractivity contribution is -0.131. The molecule has 0 radical (unpaired) electrons. The molecule has 1 unspecified atom stereocenters. The number of aliphatic hydroxyl groups excluding tert-OH is 1. The fourth-order valence-electron chi connectivity index (χ4n) is 5.40. The maximum absolute atomic E-state index is 13.9. The molecule has 1 amide bonds. The van der Waals surface area contributed by atoms with Gasteiger partial charge >= 0.3 is 0 Å². The summed E-state index contributed by atoms with van der Waals surface area (Å²) in [4.78, 5) is 26.8. The summed E-state index contributed by atoms with van der Waals surface area (Å²) in [6.45, 7) is 3.11. The van der Waals surface area contributed by atoms with Crippen molar-refractivity contribution in [2.24, 2.45) is 10.9 Å². The lowest BCUT2D eigenvalue weighted by Crippen LogP contribution is -2.62. The molecule has 1 atom stereocenters. The summed E-state index contributed by atoms with van der Waals surface area (Å²) in [6, 6.07) is 11.7. The predicted octanol–water partition coefficient (Wildman–Crippen LogP) is 3.87. The van der Waals surface area contributed by atoms with Gasteiger partial charge in [-0.1, -0.05) is 18.2 Å². The Bertz CT molecular complexity index is 1440. The number of fused-ring (bicyclic) bond motifs is 1. The van der Waals surface area contributed by atoms with E-state index in [1.54, 1.807) is 36.5 Å². The number of ether oxygens (including phenoxy) is 1. The zero-order chi connectivity index (χ0) is 26.4. The van der Waals surface area contributed by atoms with Crippen molar-refractivity contribution >= 4 is 17.9 Å². The van der Waals surface area contributed by atoms with Crippen LogP contribution in [-0.4, -0.2) is 63.1 Å². The van der Waals surface area contributed by atoms with E-state index < -0.39 is 5.54 Å². The highest BCUT2D eigenvalue weighted by Crippen LogP contribution is 2.42. The van der Waals surface area contributed by atoms with E-state index in [0.717, 1.165) is 23.5 Å². The lowest BCUT2D eigenvalue weighted by Gasteiger charge is -2.48. The molecule has 2 aliphatic heterocycles. The minimum atomic E-state index is -1.01. The molecule has 2 aromatic carbocycles. The number of aliphatic hydroxyl groups is 1. The third-order valence-corrected chi connectivity index (χ3v) is 7.66. The number of guanidine groups is 1. The van der Waals surface area contributed by atoms with Gasteiger partial charge in [-0.15, -0.1) is 0 Å². The van der Waals surface area contributed by atoms with Gasteiger partial charge in [-0.2, -0.15) is 0 Å². The zero-order valence-electron chi connectivity index (χ0n) is 21.5. The highest BCUT2D eigenvalue weighted by Gasteiger charge is 2.52. The van der Waals surface area contributed by atoms with E-state index in [1.165, 1.54) is 25.0 Å². The van der Waals surface area contributed by atoms with Crippen molar-refractivity contribution in [1.82, 2.24) is 19.4 Å². The summed E-state index contributed by atoms with van der Waals surface area (Å²) in [6.07, 6.45) is 8.26. The Morgan fingerprint density at radius 2 is 2.00 bits per heavy atom. The van der Waals surface area contributed by atoms with Gasteiger partial charge in [-0.05, 0) is 73.6 Å². The van der Waals surface area contributed by atoms with E-state index >= 15 is 0 Å². The normalized spacial score (nSPS) is 22.2. The Morgan fingerprint density at radius 1 is 1.21 bits per heavy atom. The molecule has 6 rings (SSSR count). The van der Waals surface area contributed by atoms with Crippen LogP contribution in [0.5, 0.6) is 5.75 Å². The van der Waals surface area contributed by atoms with Gasteiger partial charge in [0, 0.05) is 19.3 Å². The molecule has 3 heterocycles. The number of amides is 1. The van der Waals surface area contributed by atoms with Gasteiger partial charge in [-0.25, -0.2) is 14.4 Å². The number of hydrogen-bond donors (Lipinski definition) is 1. The average Bonchev–Trinajstić information content (AvgIpc) is 3.55. The van der Waals surface area contributed by atoms with Gasteiger partial charge in [0.25, 0.3) is 5.91 Å². The summed E-state index contributed by atoms with van der Waals surface area (Å²) < 4.78 is 21.3. The Hall–Kier alpha value is -3.98. The molecular formula is C29H30FN5O3. The van der Waals surface area contributed by atoms with Crippen LogP contribution in [0.15, 0.2) is 65.7 Å². The molecule has 1 saturated heterocycles. The minimum absolute atomic E-state index is 0.285. The number of imidazole rings is 1. The molecule has 0 spiro atoms. The highest BCUT2D eigenvalue weighted by atomic mass is 19.1. The Balaban J connectivity index is 1.39. The van der Waals surface area contributed by atoms with Crippen molar-refractivity contribution in [3.63, 3.8) is 0 Å². The van der Waals surface area contributed by atoms with Crippen molar-refractivity contribution in [2.75, 3.05) is 26.8 Å². The second kappa shape index (κ2) is 9.40. The third-order valence-electron chi connectivity index (χ3n) is 7.66. The highest BCUT2D eigenvalue weighted by molar-refractivity contribution is 6.14. The average molecular weight is 516 g/mol. The first-order chi connectivity index (χ1) is 18.4. The minimum Gasteiger partial charge on any atom is -0.495 e. The van der Waals surface area contributed by atoms with Crippen LogP contribution < -0.4 is 4.74 Å². The van der Waals surface area contributed by atoms with Crippen molar-refractivity contribution in [3.05, 3.63) is 83.3 Å². The second-order valence-corrected chi connectivity index (χ2v) is 10.3. The van der Waals surface area contributed by atoms with Crippen LogP contribution in [-0.2, 0) is 10.3 Å². The van der Waals surface area contributed by atoms with Crippen LogP contribution in [0, 0.1) is 18.7 Å². The van der Waals surface area contributed by atoms with E-state index in [9.17, 15) is 14.3 Å². The molecule has 1 aromatic heterocycles. The molecular weight excluding hydrogens is 485 g/mol. The number of nitrogens with zero attached hydrogens (tertiary/aromatic N) is 5. The standard InChI is InChI=1S/C29H30FN5O3/c1-19-15-34(18-31-19)25-10-5-21(14-26(25)38-2)13-24-27(37)35-28(32-24)33(16-20-3-4-20)12-11-29(35,17-36)22-6-8-23(30)9-7-22/h5-10,13-15,18,20,36H,3-4,11-12,16-17H2,1-2H3/b24-13-. The van der Waals surface area contributed by atoms with E-state index in [1.807, 2.05) is 35.9 Å². The summed E-state index contributed by atoms with van der Waals surface area (Å²) in [5, 5.41) is 10.7. The van der Waals surface area contributed by atoms with E-state index in [-0.39, 0.29) is 24.0 Å². The summed E-state index contributed by atoms with van der Waals surface area (Å²) in [5.74, 6) is 1.14. The first-order valence-corrected chi connectivity index (χ1v) is 12.9. The molecule has 9 heteroatoms. The maximum Gasteiger partial charge on any atom is 0.280 e. The first kappa shape index (κ1) is 24.4. The van der Waals surface area contributed by atoms with Gasteiger partial charge in [0.15, 0.2) is 0 Å². The van der Waals surface area contributed by atoms with Gasteiger partial charge < -0.3 is 19.3 Å². The number of aromatic nitrogens is 2. The number of halogens is 1. The summed E-state index contributed by atoms with van der Waals surface area (Å²) in [7, 11) is 1.61. The third kappa shape index (κ3) is 4.16. The van der Waals surface area contributed by atoms with Crippen molar-refractivity contribution < 1.29 is 19.0 Å². The number of carbonyl (C=O) groups is 1. The second-order valence-electron chi connectivity index (χ2n) is 10.3. The summed E-state index contributed by atoms with van der Waals surface area (Å²) in [5.41, 5.74) is 2.46. The van der Waals surface area contributed by atoms with Crippen LogP contribution >= 0.6 is 0 Å². The smallest absolute Gasteiger partial charge is 0.280 e. The van der Waals surface area contributed by atoms with Crippen LogP contribution in [0.25, 0.3) is 11.8 Å². The number of benzene rings is 2. The van der Waals surface area contributed by atoms with Crippen molar-refractivity contribution in [2.45, 2.75) is 31.7 Å². The molecule has 3 aromatic rings. The monoisotopic (exact) mass is 515 g/mol. The number of aryl methyl sites for hydroxylation is 1. The molecule has 1 N–H and O–H groups in total. The van der Waals surface area contributed by atoms with Crippen LogP contribution in [0.4, 0.5) is 4.39 Å². The molecule has 2 fully saturated rings. The van der Waals surface area contributed by atoms with Crippen molar-refractivity contribution in [3.8, 4) is 11.4 Å². The zero-order valence-corrected chi connectivity index (χ0v) is 21.5. The Labute approximate surface area is 220 Å². The van der Waals surface area contributed by atoms with E-state index in [4.69, 9.17) is 9.73 Å². The van der Waals surface area contributed by atoms with Gasteiger partial charge in [0.2, 0.25) is 5.96 Å². The van der Waals surface area contributed by atoms with E-state index in [0.29, 0.717) is 36.2 Å². The number of aliphatic imine (C=N–C) groups is 1. The fraction of sp³-hybridized carbons (Fsp3) is 0.345. The largest absolute Gasteiger partial charge is 0.495 e. The molecule has 38 heavy (non-hydrogen) atoms. The first-order valence-electron chi connectivity index (χ1n) is 12.9. The van der Waals surface area contributed by atoms with Gasteiger partial charge in [0.05, 0.1) is 31.4 Å². The van der Waals surface area contributed by atoms with Gasteiger partial charge in [-0.3, -0.25) is 9.69 Å². The molecule has 1 aliphatic carbocycles. The molecule has 3 aliphatic rings. The Kier molecular flexibility index (Phi) is 6.03. The SMILES string of the molecule is COc1cc(/C=C2\N=C3N(CC4CC4)CCC(CO)(c4ccc(F)cc4)N3C2=O)ccc1-n1cnc(C)c1. The van der Waals surface area contributed by atoms with Crippen LogP contribution in [0.1, 0.15) is 36.1 Å². The van der Waals surface area contributed by atoms with Crippen LogP contribution in [0.2, 0.25) is 0 Å². The number of rotatable bonds is 7. The topological polar surface area (TPSA) is 83.2 Å². The molecule has 8 nitrogen and oxygen atoms in total. The Morgan fingerprint density at radius 3 is 2.66 bits per heavy atom. The lowest BCUT2D eigenvalue weighted by atomic mass is 9.83. The quantitative estimate of drug-likeness (QED) is 0.483. The summed E-state index contributed by atoms with van der Waals surface area (Å²) >= 11 is 0. The molecule has 1 saturated carbocycles. The maximum atomic E-state index is 13.9. The predicted molar refractivity (Wildman–Crippen MR) is 141 cm³/mol. The van der Waals surface area contributed by atoms with Crippen LogP contribution in [0.3, 0.4) is 0 Å². The number of methoxy groups -OCH3 is 1. The van der Waals surface area contributed by atoms with E-state index in [2.05, 4.69) is 9.88 Å². The number of hydrogen-bond acceptors (Lipinski definition) is 6.